The second-order valence-corrected chi connectivity index (χ2v) is 9.64. The van der Waals surface area contributed by atoms with E-state index < -0.39 is 8.07 Å². The van der Waals surface area contributed by atoms with Crippen LogP contribution in [-0.2, 0) is 4.79 Å². The van der Waals surface area contributed by atoms with Crippen LogP contribution in [0.2, 0.25) is 18.1 Å². The number of pyridine rings is 1. The first-order chi connectivity index (χ1) is 9.05. The van der Waals surface area contributed by atoms with Crippen LogP contribution in [0.25, 0.3) is 0 Å². The molecule has 3 nitrogen and oxygen atoms in total. The standard InChI is InChI=1S/C15H22N2OSi/c1-5-19(6-2,7-3)11-10-14-8-9-15(16-12-14)17-13(4)18/h8-9,12H,5-7H2,1-4H3,(H,16,17,18). The molecule has 1 amide bonds. The smallest absolute Gasteiger partial charge is 0.222 e. The van der Waals surface area contributed by atoms with E-state index in [4.69, 9.17) is 0 Å². The largest absolute Gasteiger partial charge is 0.311 e. The number of nitrogens with zero attached hydrogens (tertiary/aromatic N) is 1. The van der Waals surface area contributed by atoms with Crippen molar-refractivity contribution < 1.29 is 4.79 Å². The van der Waals surface area contributed by atoms with E-state index in [0.29, 0.717) is 5.82 Å². The number of nitrogens with one attached hydrogen (secondary N) is 1. The number of aromatic nitrogens is 1. The highest BCUT2D eigenvalue weighted by Gasteiger charge is 2.24. The van der Waals surface area contributed by atoms with Crippen LogP contribution in [-0.4, -0.2) is 19.0 Å². The Balaban J connectivity index is 2.86. The predicted molar refractivity (Wildman–Crippen MR) is 82.6 cm³/mol. The number of hydrogen-bond donors (Lipinski definition) is 1. The summed E-state index contributed by atoms with van der Waals surface area (Å²) in [5.41, 5.74) is 4.44. The van der Waals surface area contributed by atoms with Gasteiger partial charge in [-0.2, -0.15) is 0 Å². The quantitative estimate of drug-likeness (QED) is 0.675. The van der Waals surface area contributed by atoms with Crippen molar-refractivity contribution in [2.24, 2.45) is 0 Å². The zero-order valence-corrected chi connectivity index (χ0v) is 13.2. The van der Waals surface area contributed by atoms with Gasteiger partial charge in [-0.3, -0.25) is 4.79 Å². The summed E-state index contributed by atoms with van der Waals surface area (Å²) in [5, 5.41) is 2.65. The molecule has 1 aromatic rings. The average Bonchev–Trinajstić information content (AvgIpc) is 2.42. The predicted octanol–water partition coefficient (Wildman–Crippen LogP) is 3.44. The monoisotopic (exact) mass is 274 g/mol. The first kappa shape index (κ1) is 15.5. The lowest BCUT2D eigenvalue weighted by Crippen LogP contribution is -2.29. The fourth-order valence-corrected chi connectivity index (χ4v) is 4.38. The van der Waals surface area contributed by atoms with Crippen LogP contribution in [0.15, 0.2) is 18.3 Å². The van der Waals surface area contributed by atoms with Crippen LogP contribution < -0.4 is 5.32 Å². The van der Waals surface area contributed by atoms with Crippen molar-refractivity contribution in [3.63, 3.8) is 0 Å². The Kier molecular flexibility index (Phi) is 5.78. The summed E-state index contributed by atoms with van der Waals surface area (Å²) in [6, 6.07) is 7.29. The Hall–Kier alpha value is -1.60. The second kappa shape index (κ2) is 7.10. The van der Waals surface area contributed by atoms with Gasteiger partial charge in [-0.05, 0) is 30.3 Å². The number of carbonyl (C=O) groups is 1. The van der Waals surface area contributed by atoms with Crippen molar-refractivity contribution in [2.45, 2.75) is 45.8 Å². The van der Waals surface area contributed by atoms with Gasteiger partial charge in [0.05, 0.1) is 0 Å². The van der Waals surface area contributed by atoms with Gasteiger partial charge in [-0.1, -0.05) is 26.7 Å². The van der Waals surface area contributed by atoms with Crippen molar-refractivity contribution in [1.82, 2.24) is 4.98 Å². The highest BCUT2D eigenvalue weighted by molar-refractivity contribution is 6.87. The zero-order valence-electron chi connectivity index (χ0n) is 12.2. The summed E-state index contributed by atoms with van der Waals surface area (Å²) >= 11 is 0. The third-order valence-electron chi connectivity index (χ3n) is 3.57. The van der Waals surface area contributed by atoms with Crippen molar-refractivity contribution in [1.29, 1.82) is 0 Å². The first-order valence-electron chi connectivity index (χ1n) is 6.82. The zero-order chi connectivity index (χ0) is 14.3. The molecule has 0 aliphatic carbocycles. The van der Waals surface area contributed by atoms with E-state index in [2.05, 4.69) is 42.5 Å². The van der Waals surface area contributed by atoms with Gasteiger partial charge in [0.2, 0.25) is 5.91 Å². The SMILES string of the molecule is CC[Si](C#Cc1ccc(NC(C)=O)nc1)(CC)CC. The number of rotatable bonds is 4. The maximum absolute atomic E-state index is 10.9. The summed E-state index contributed by atoms with van der Waals surface area (Å²) in [7, 11) is -1.40. The van der Waals surface area contributed by atoms with Gasteiger partial charge in [0, 0.05) is 18.7 Å². The van der Waals surface area contributed by atoms with Crippen molar-refractivity contribution in [3.8, 4) is 11.5 Å². The summed E-state index contributed by atoms with van der Waals surface area (Å²) in [4.78, 5) is 15.1. The molecule has 0 radical (unpaired) electrons. The van der Waals surface area contributed by atoms with E-state index in [1.165, 1.54) is 25.1 Å². The molecule has 0 aromatic carbocycles. The van der Waals surface area contributed by atoms with Crippen LogP contribution in [0.1, 0.15) is 33.3 Å². The average molecular weight is 274 g/mol. The van der Waals surface area contributed by atoms with E-state index in [9.17, 15) is 4.79 Å². The van der Waals surface area contributed by atoms with Gasteiger partial charge in [0.25, 0.3) is 0 Å². The number of hydrogen-bond acceptors (Lipinski definition) is 2. The molecule has 0 unspecified atom stereocenters. The Morgan fingerprint density at radius 3 is 2.32 bits per heavy atom. The van der Waals surface area contributed by atoms with Crippen LogP contribution in [0.5, 0.6) is 0 Å². The summed E-state index contributed by atoms with van der Waals surface area (Å²) < 4.78 is 0. The molecule has 0 spiro atoms. The second-order valence-electron chi connectivity index (χ2n) is 4.70. The lowest BCUT2D eigenvalue weighted by molar-refractivity contribution is -0.114. The molecule has 102 valence electrons. The number of amides is 1. The van der Waals surface area contributed by atoms with Gasteiger partial charge in [0.1, 0.15) is 13.9 Å². The normalized spacial score (nSPS) is 10.5. The molecule has 1 aromatic heterocycles. The van der Waals surface area contributed by atoms with Crippen molar-refractivity contribution in [3.05, 3.63) is 23.9 Å². The van der Waals surface area contributed by atoms with Gasteiger partial charge in [0.15, 0.2) is 0 Å². The van der Waals surface area contributed by atoms with Gasteiger partial charge < -0.3 is 5.32 Å². The molecule has 0 fully saturated rings. The minimum absolute atomic E-state index is 0.110. The van der Waals surface area contributed by atoms with E-state index in [0.717, 1.165) is 5.56 Å². The van der Waals surface area contributed by atoms with Crippen molar-refractivity contribution in [2.75, 3.05) is 5.32 Å². The molecule has 0 aliphatic heterocycles. The maximum atomic E-state index is 10.9. The first-order valence-corrected chi connectivity index (χ1v) is 9.44. The van der Waals surface area contributed by atoms with Crippen LogP contribution in [0, 0.1) is 11.5 Å². The fourth-order valence-electron chi connectivity index (χ4n) is 1.94. The van der Waals surface area contributed by atoms with Crippen LogP contribution in [0.4, 0.5) is 5.82 Å². The fraction of sp³-hybridized carbons (Fsp3) is 0.467. The lowest BCUT2D eigenvalue weighted by atomic mass is 10.3. The van der Waals surface area contributed by atoms with Crippen molar-refractivity contribution >= 4 is 19.8 Å². The third-order valence-corrected chi connectivity index (χ3v) is 8.29. The molecule has 19 heavy (non-hydrogen) atoms. The highest BCUT2D eigenvalue weighted by Crippen LogP contribution is 2.19. The van der Waals surface area contributed by atoms with Gasteiger partial charge in [-0.25, -0.2) is 4.98 Å². The summed E-state index contributed by atoms with van der Waals surface area (Å²) in [6.45, 7) is 8.20. The molecule has 0 atom stereocenters. The highest BCUT2D eigenvalue weighted by atomic mass is 28.3. The molecule has 1 rings (SSSR count). The Bertz CT molecular complexity index is 473. The summed E-state index contributed by atoms with van der Waals surface area (Å²) in [6.07, 6.45) is 1.72. The molecular weight excluding hydrogens is 252 g/mol. The molecule has 0 aliphatic rings. The minimum atomic E-state index is -1.40. The van der Waals surface area contributed by atoms with Gasteiger partial charge in [-0.15, -0.1) is 5.54 Å². The molecule has 0 bridgehead atoms. The lowest BCUT2D eigenvalue weighted by Gasteiger charge is -2.19. The topological polar surface area (TPSA) is 42.0 Å². The third kappa shape index (κ3) is 4.53. The molecule has 1 N–H and O–H groups in total. The number of carbonyl (C=O) groups excluding carboxylic acids is 1. The number of anilines is 1. The molecule has 0 saturated heterocycles. The van der Waals surface area contributed by atoms with E-state index in [-0.39, 0.29) is 5.91 Å². The Morgan fingerprint density at radius 1 is 1.26 bits per heavy atom. The van der Waals surface area contributed by atoms with Crippen LogP contribution in [0.3, 0.4) is 0 Å². The summed E-state index contributed by atoms with van der Waals surface area (Å²) in [5.74, 6) is 3.72. The maximum Gasteiger partial charge on any atom is 0.222 e. The van der Waals surface area contributed by atoms with E-state index in [1.54, 1.807) is 12.3 Å². The molecular formula is C15H22N2OSi. The van der Waals surface area contributed by atoms with Gasteiger partial charge >= 0.3 is 0 Å². The van der Waals surface area contributed by atoms with Crippen LogP contribution >= 0.6 is 0 Å². The molecule has 1 heterocycles. The Labute approximate surface area is 116 Å². The molecule has 0 saturated carbocycles. The van der Waals surface area contributed by atoms with E-state index >= 15 is 0 Å². The van der Waals surface area contributed by atoms with E-state index in [1.807, 2.05) is 6.07 Å². The minimum Gasteiger partial charge on any atom is -0.311 e. The Morgan fingerprint density at radius 2 is 1.89 bits per heavy atom. The molecule has 4 heteroatoms.